The Morgan fingerprint density at radius 3 is 2.62 bits per heavy atom. The molecular weight excluding hydrogens is 298 g/mol. The highest BCUT2D eigenvalue weighted by atomic mass is 16.5. The number of anilines is 1. The fraction of sp³-hybridized carbons (Fsp3) is 0.350. The smallest absolute Gasteiger partial charge is 0.119 e. The van der Waals surface area contributed by atoms with Crippen LogP contribution < -0.4 is 10.5 Å². The minimum atomic E-state index is 0.670. The number of hydrogen-bond donors (Lipinski definition) is 1. The third-order valence-corrected chi connectivity index (χ3v) is 4.55. The number of nitrogen functional groups attached to an aromatic ring is 1. The van der Waals surface area contributed by atoms with Crippen LogP contribution in [0.5, 0.6) is 5.75 Å². The molecule has 124 valence electrons. The Balaban J connectivity index is 1.35. The molecule has 4 rings (SSSR count). The van der Waals surface area contributed by atoms with Crippen LogP contribution in [0, 0.1) is 0 Å². The Morgan fingerprint density at radius 1 is 1.04 bits per heavy atom. The van der Waals surface area contributed by atoms with Gasteiger partial charge in [-0.3, -0.25) is 0 Å². The van der Waals surface area contributed by atoms with Gasteiger partial charge in [0.15, 0.2) is 0 Å². The van der Waals surface area contributed by atoms with Gasteiger partial charge >= 0.3 is 0 Å². The molecule has 1 aliphatic carbocycles. The maximum atomic E-state index is 5.78. The molecule has 0 radical (unpaired) electrons. The van der Waals surface area contributed by atoms with Crippen LogP contribution in [-0.4, -0.2) is 16.2 Å². The molecule has 1 heterocycles. The molecule has 0 saturated heterocycles. The van der Waals surface area contributed by atoms with Gasteiger partial charge < -0.3 is 15.0 Å². The number of unbranched alkanes of at least 4 members (excludes halogenated alkanes) is 1. The second-order valence-electron chi connectivity index (χ2n) is 6.51. The maximum absolute atomic E-state index is 5.78. The zero-order valence-corrected chi connectivity index (χ0v) is 13.8. The topological polar surface area (TPSA) is 53.1 Å². The molecule has 1 saturated carbocycles. The summed E-state index contributed by atoms with van der Waals surface area (Å²) >= 11 is 0. The molecular formula is C20H23N3O. The van der Waals surface area contributed by atoms with E-state index in [0.29, 0.717) is 5.92 Å². The van der Waals surface area contributed by atoms with Crippen molar-refractivity contribution in [2.24, 2.45) is 0 Å². The summed E-state index contributed by atoms with van der Waals surface area (Å²) in [6.45, 7) is 1.74. The molecule has 1 fully saturated rings. The first-order chi connectivity index (χ1) is 11.8. The van der Waals surface area contributed by atoms with E-state index in [1.807, 2.05) is 24.3 Å². The van der Waals surface area contributed by atoms with Crippen LogP contribution in [0.2, 0.25) is 0 Å². The van der Waals surface area contributed by atoms with Crippen molar-refractivity contribution < 1.29 is 4.74 Å². The largest absolute Gasteiger partial charge is 0.494 e. The average Bonchev–Trinajstić information content (AvgIpc) is 3.38. The minimum Gasteiger partial charge on any atom is -0.494 e. The van der Waals surface area contributed by atoms with Crippen molar-refractivity contribution in [3.8, 4) is 5.75 Å². The highest BCUT2D eigenvalue weighted by Crippen LogP contribution is 2.40. The monoisotopic (exact) mass is 321 g/mol. The summed E-state index contributed by atoms with van der Waals surface area (Å²) in [4.78, 5) is 4.85. The first-order valence-corrected chi connectivity index (χ1v) is 8.75. The van der Waals surface area contributed by atoms with Crippen LogP contribution in [0.25, 0.3) is 11.0 Å². The summed E-state index contributed by atoms with van der Waals surface area (Å²) in [6.07, 6.45) is 4.68. The van der Waals surface area contributed by atoms with Gasteiger partial charge in [-0.2, -0.15) is 0 Å². The van der Waals surface area contributed by atoms with Crippen LogP contribution in [0.15, 0.2) is 48.5 Å². The molecule has 0 aliphatic heterocycles. The lowest BCUT2D eigenvalue weighted by atomic mass is 10.2. The van der Waals surface area contributed by atoms with E-state index in [1.165, 1.54) is 24.2 Å². The molecule has 0 atom stereocenters. The van der Waals surface area contributed by atoms with E-state index >= 15 is 0 Å². The molecule has 0 amide bonds. The molecule has 3 aromatic rings. The standard InChI is InChI=1S/C20H23N3O/c21-16-9-11-17(12-10-16)24-14-4-3-13-23-19-6-2-1-5-18(19)22-20(23)15-7-8-15/h1-2,5-6,9-12,15H,3-4,7-8,13-14,21H2. The van der Waals surface area contributed by atoms with E-state index < -0.39 is 0 Å². The Kier molecular flexibility index (Phi) is 4.11. The number of fused-ring (bicyclic) bond motifs is 1. The second-order valence-corrected chi connectivity index (χ2v) is 6.51. The van der Waals surface area contributed by atoms with E-state index in [9.17, 15) is 0 Å². The van der Waals surface area contributed by atoms with Crippen molar-refractivity contribution in [1.29, 1.82) is 0 Å². The predicted molar refractivity (Wildman–Crippen MR) is 97.3 cm³/mol. The molecule has 2 aromatic carbocycles. The van der Waals surface area contributed by atoms with Crippen LogP contribution in [0.4, 0.5) is 5.69 Å². The summed E-state index contributed by atoms with van der Waals surface area (Å²) in [5.41, 5.74) is 8.83. The van der Waals surface area contributed by atoms with E-state index in [4.69, 9.17) is 15.5 Å². The van der Waals surface area contributed by atoms with Gasteiger partial charge in [0.25, 0.3) is 0 Å². The van der Waals surface area contributed by atoms with E-state index in [-0.39, 0.29) is 0 Å². The molecule has 0 bridgehead atoms. The highest BCUT2D eigenvalue weighted by molar-refractivity contribution is 5.76. The average molecular weight is 321 g/mol. The molecule has 1 aliphatic rings. The van der Waals surface area contributed by atoms with E-state index in [2.05, 4.69) is 28.8 Å². The minimum absolute atomic E-state index is 0.670. The third kappa shape index (κ3) is 3.23. The number of nitrogens with zero attached hydrogens (tertiary/aromatic N) is 2. The second kappa shape index (κ2) is 6.56. The van der Waals surface area contributed by atoms with Crippen LogP contribution in [-0.2, 0) is 6.54 Å². The first-order valence-electron chi connectivity index (χ1n) is 8.75. The number of nitrogens with two attached hydrogens (primary N) is 1. The number of benzene rings is 2. The lowest BCUT2D eigenvalue weighted by Crippen LogP contribution is -2.05. The van der Waals surface area contributed by atoms with Gasteiger partial charge in [-0.25, -0.2) is 4.98 Å². The zero-order valence-electron chi connectivity index (χ0n) is 13.8. The van der Waals surface area contributed by atoms with Crippen molar-refractivity contribution in [2.75, 3.05) is 12.3 Å². The number of imidazole rings is 1. The van der Waals surface area contributed by atoms with E-state index in [0.717, 1.165) is 42.9 Å². The Bertz CT molecular complexity index is 819. The lowest BCUT2D eigenvalue weighted by molar-refractivity contribution is 0.303. The van der Waals surface area contributed by atoms with Gasteiger partial charge in [0.1, 0.15) is 11.6 Å². The van der Waals surface area contributed by atoms with Gasteiger partial charge in [0.05, 0.1) is 17.6 Å². The van der Waals surface area contributed by atoms with Gasteiger partial charge in [-0.05, 0) is 62.1 Å². The SMILES string of the molecule is Nc1ccc(OCCCCn2c(C3CC3)nc3ccccc32)cc1. The highest BCUT2D eigenvalue weighted by Gasteiger charge is 2.29. The van der Waals surface area contributed by atoms with E-state index in [1.54, 1.807) is 0 Å². The van der Waals surface area contributed by atoms with Crippen LogP contribution >= 0.6 is 0 Å². The summed E-state index contributed by atoms with van der Waals surface area (Å²) in [6, 6.07) is 16.0. The van der Waals surface area contributed by atoms with Crippen LogP contribution in [0.3, 0.4) is 0 Å². The molecule has 24 heavy (non-hydrogen) atoms. The predicted octanol–water partition coefficient (Wildman–Crippen LogP) is 4.36. The Hall–Kier alpha value is -2.49. The van der Waals surface area contributed by atoms with Crippen molar-refractivity contribution in [2.45, 2.75) is 38.1 Å². The summed E-state index contributed by atoms with van der Waals surface area (Å²) in [5.74, 6) is 2.83. The fourth-order valence-electron chi connectivity index (χ4n) is 3.11. The number of rotatable bonds is 7. The third-order valence-electron chi connectivity index (χ3n) is 4.55. The van der Waals surface area contributed by atoms with Crippen LogP contribution in [0.1, 0.15) is 37.4 Å². The van der Waals surface area contributed by atoms with Crippen molar-refractivity contribution in [3.05, 3.63) is 54.4 Å². The summed E-state index contributed by atoms with van der Waals surface area (Å²) in [7, 11) is 0. The number of aromatic nitrogens is 2. The summed E-state index contributed by atoms with van der Waals surface area (Å²) in [5, 5.41) is 0. The maximum Gasteiger partial charge on any atom is 0.119 e. The van der Waals surface area contributed by atoms with Gasteiger partial charge in [-0.1, -0.05) is 12.1 Å². The fourth-order valence-corrected chi connectivity index (χ4v) is 3.11. The first kappa shape index (κ1) is 15.1. The molecule has 4 heteroatoms. The quantitative estimate of drug-likeness (QED) is 0.520. The number of ether oxygens (including phenoxy) is 1. The number of hydrogen-bond acceptors (Lipinski definition) is 3. The van der Waals surface area contributed by atoms with Crippen molar-refractivity contribution in [3.63, 3.8) is 0 Å². The molecule has 2 N–H and O–H groups in total. The summed E-state index contributed by atoms with van der Waals surface area (Å²) < 4.78 is 8.19. The molecule has 0 spiro atoms. The van der Waals surface area contributed by atoms with Gasteiger partial charge in [0.2, 0.25) is 0 Å². The lowest BCUT2D eigenvalue weighted by Gasteiger charge is -2.10. The Labute approximate surface area is 142 Å². The molecule has 0 unspecified atom stereocenters. The number of para-hydroxylation sites is 2. The zero-order chi connectivity index (χ0) is 16.4. The van der Waals surface area contributed by atoms with Gasteiger partial charge in [-0.15, -0.1) is 0 Å². The van der Waals surface area contributed by atoms with Crippen molar-refractivity contribution in [1.82, 2.24) is 9.55 Å². The normalized spacial score (nSPS) is 14.2. The number of aryl methyl sites for hydroxylation is 1. The molecule has 1 aromatic heterocycles. The van der Waals surface area contributed by atoms with Crippen molar-refractivity contribution >= 4 is 16.7 Å². The van der Waals surface area contributed by atoms with Gasteiger partial charge in [0, 0.05) is 18.2 Å². The Morgan fingerprint density at radius 2 is 1.83 bits per heavy atom. The molecule has 4 nitrogen and oxygen atoms in total.